The van der Waals surface area contributed by atoms with Crippen LogP contribution in [0.3, 0.4) is 0 Å². The molecule has 0 aliphatic rings. The topological polar surface area (TPSA) is 12.0 Å². The SMILES string of the molecule is CC(C)Cc1ccc(C(C)Nc2c(F)cccc2Br)cc1. The summed E-state index contributed by atoms with van der Waals surface area (Å²) in [5.74, 6) is 0.411. The average Bonchev–Trinajstić information content (AvgIpc) is 2.43. The Morgan fingerprint density at radius 1 is 1.05 bits per heavy atom. The van der Waals surface area contributed by atoms with E-state index in [1.54, 1.807) is 6.07 Å². The molecule has 21 heavy (non-hydrogen) atoms. The minimum absolute atomic E-state index is 0.0475. The molecule has 0 saturated heterocycles. The van der Waals surface area contributed by atoms with Gasteiger partial charge in [0, 0.05) is 10.5 Å². The van der Waals surface area contributed by atoms with Gasteiger partial charge in [0.2, 0.25) is 0 Å². The fraction of sp³-hybridized carbons (Fsp3) is 0.333. The zero-order valence-electron chi connectivity index (χ0n) is 12.7. The monoisotopic (exact) mass is 349 g/mol. The zero-order valence-corrected chi connectivity index (χ0v) is 14.2. The number of anilines is 1. The normalized spacial score (nSPS) is 12.5. The molecule has 1 nitrogen and oxygen atoms in total. The molecule has 2 rings (SSSR count). The van der Waals surface area contributed by atoms with Gasteiger partial charge in [-0.3, -0.25) is 0 Å². The number of nitrogens with one attached hydrogen (secondary N) is 1. The Bertz CT molecular complexity index is 572. The Labute approximate surface area is 134 Å². The van der Waals surface area contributed by atoms with E-state index in [0.717, 1.165) is 16.5 Å². The summed E-state index contributed by atoms with van der Waals surface area (Å²) in [6.45, 7) is 6.47. The molecule has 2 aromatic rings. The van der Waals surface area contributed by atoms with E-state index in [0.29, 0.717) is 11.6 Å². The highest BCUT2D eigenvalue weighted by atomic mass is 79.9. The lowest BCUT2D eigenvalue weighted by Crippen LogP contribution is -2.08. The maximum atomic E-state index is 13.8. The standard InChI is InChI=1S/C18H21BrFN/c1-12(2)11-14-7-9-15(10-8-14)13(3)21-18-16(19)5-4-6-17(18)20/h4-10,12-13,21H,11H2,1-3H3. The first kappa shape index (κ1) is 16.0. The largest absolute Gasteiger partial charge is 0.375 e. The van der Waals surface area contributed by atoms with E-state index < -0.39 is 0 Å². The third-order valence-electron chi connectivity index (χ3n) is 3.45. The molecule has 0 fully saturated rings. The van der Waals surface area contributed by atoms with Gasteiger partial charge in [-0.2, -0.15) is 0 Å². The van der Waals surface area contributed by atoms with Crippen LogP contribution in [-0.2, 0) is 6.42 Å². The molecular weight excluding hydrogens is 329 g/mol. The fourth-order valence-corrected chi connectivity index (χ4v) is 2.81. The van der Waals surface area contributed by atoms with E-state index in [1.807, 2.05) is 13.0 Å². The molecule has 1 atom stereocenters. The van der Waals surface area contributed by atoms with Crippen molar-refractivity contribution in [2.24, 2.45) is 5.92 Å². The highest BCUT2D eigenvalue weighted by Gasteiger charge is 2.11. The van der Waals surface area contributed by atoms with Crippen LogP contribution in [0, 0.1) is 11.7 Å². The minimum Gasteiger partial charge on any atom is -0.375 e. The van der Waals surface area contributed by atoms with Gasteiger partial charge in [-0.1, -0.05) is 44.2 Å². The van der Waals surface area contributed by atoms with Crippen LogP contribution in [0.5, 0.6) is 0 Å². The highest BCUT2D eigenvalue weighted by molar-refractivity contribution is 9.10. The molecule has 0 aliphatic heterocycles. The third-order valence-corrected chi connectivity index (χ3v) is 4.11. The number of halogens is 2. The van der Waals surface area contributed by atoms with Gasteiger partial charge in [0.25, 0.3) is 0 Å². The van der Waals surface area contributed by atoms with Gasteiger partial charge in [0.1, 0.15) is 5.82 Å². The Hall–Kier alpha value is -1.35. The Morgan fingerprint density at radius 3 is 2.29 bits per heavy atom. The van der Waals surface area contributed by atoms with Gasteiger partial charge in [0.15, 0.2) is 0 Å². The Kier molecular flexibility index (Phi) is 5.40. The van der Waals surface area contributed by atoms with Crippen LogP contribution in [0.2, 0.25) is 0 Å². The van der Waals surface area contributed by atoms with Crippen molar-refractivity contribution < 1.29 is 4.39 Å². The molecule has 112 valence electrons. The molecule has 0 aromatic heterocycles. The number of hydrogen-bond donors (Lipinski definition) is 1. The molecular formula is C18H21BrFN. The van der Waals surface area contributed by atoms with E-state index in [-0.39, 0.29) is 11.9 Å². The van der Waals surface area contributed by atoms with Crippen LogP contribution < -0.4 is 5.32 Å². The second-order valence-corrected chi connectivity index (χ2v) is 6.66. The first-order valence-corrected chi connectivity index (χ1v) is 8.06. The van der Waals surface area contributed by atoms with Crippen LogP contribution >= 0.6 is 15.9 Å². The van der Waals surface area contributed by atoms with Gasteiger partial charge in [0.05, 0.1) is 5.69 Å². The Balaban J connectivity index is 2.11. The van der Waals surface area contributed by atoms with Crippen molar-refractivity contribution in [2.75, 3.05) is 5.32 Å². The van der Waals surface area contributed by atoms with Crippen molar-refractivity contribution in [3.8, 4) is 0 Å². The lowest BCUT2D eigenvalue weighted by molar-refractivity contribution is 0.626. The smallest absolute Gasteiger partial charge is 0.147 e. The van der Waals surface area contributed by atoms with Crippen LogP contribution in [0.15, 0.2) is 46.9 Å². The molecule has 0 radical (unpaired) electrons. The van der Waals surface area contributed by atoms with Crippen molar-refractivity contribution in [2.45, 2.75) is 33.2 Å². The number of rotatable bonds is 5. The van der Waals surface area contributed by atoms with Crippen molar-refractivity contribution in [3.05, 3.63) is 63.9 Å². The van der Waals surface area contributed by atoms with Gasteiger partial charge in [-0.25, -0.2) is 4.39 Å². The van der Waals surface area contributed by atoms with Crippen LogP contribution in [0.4, 0.5) is 10.1 Å². The van der Waals surface area contributed by atoms with Crippen LogP contribution in [0.25, 0.3) is 0 Å². The molecule has 0 spiro atoms. The Morgan fingerprint density at radius 2 is 1.71 bits per heavy atom. The first-order chi connectivity index (χ1) is 9.97. The summed E-state index contributed by atoms with van der Waals surface area (Å²) >= 11 is 3.38. The molecule has 1 unspecified atom stereocenters. The molecule has 0 bridgehead atoms. The zero-order chi connectivity index (χ0) is 15.4. The van der Waals surface area contributed by atoms with Crippen molar-refractivity contribution in [3.63, 3.8) is 0 Å². The second-order valence-electron chi connectivity index (χ2n) is 5.80. The first-order valence-electron chi connectivity index (χ1n) is 7.26. The predicted molar refractivity (Wildman–Crippen MR) is 91.1 cm³/mol. The summed E-state index contributed by atoms with van der Waals surface area (Å²) in [4.78, 5) is 0. The van der Waals surface area contributed by atoms with Crippen molar-refractivity contribution in [1.82, 2.24) is 0 Å². The average molecular weight is 350 g/mol. The summed E-state index contributed by atoms with van der Waals surface area (Å²) in [5, 5.41) is 3.23. The van der Waals surface area contributed by atoms with E-state index in [9.17, 15) is 4.39 Å². The van der Waals surface area contributed by atoms with Gasteiger partial charge in [-0.05, 0) is 58.5 Å². The summed E-state index contributed by atoms with van der Waals surface area (Å²) in [5.41, 5.74) is 3.00. The second kappa shape index (κ2) is 7.08. The molecule has 3 heteroatoms. The minimum atomic E-state index is -0.243. The number of hydrogen-bond acceptors (Lipinski definition) is 1. The summed E-state index contributed by atoms with van der Waals surface area (Å²) in [6.07, 6.45) is 1.08. The van der Waals surface area contributed by atoms with Crippen molar-refractivity contribution in [1.29, 1.82) is 0 Å². The van der Waals surface area contributed by atoms with E-state index in [4.69, 9.17) is 0 Å². The van der Waals surface area contributed by atoms with Gasteiger partial charge >= 0.3 is 0 Å². The summed E-state index contributed by atoms with van der Waals surface area (Å²) < 4.78 is 14.6. The van der Waals surface area contributed by atoms with Crippen LogP contribution in [-0.4, -0.2) is 0 Å². The molecule has 0 saturated carbocycles. The molecule has 1 N–H and O–H groups in total. The maximum absolute atomic E-state index is 13.8. The lowest BCUT2D eigenvalue weighted by atomic mass is 10.00. The van der Waals surface area contributed by atoms with E-state index in [2.05, 4.69) is 59.4 Å². The highest BCUT2D eigenvalue weighted by Crippen LogP contribution is 2.29. The van der Waals surface area contributed by atoms with Crippen LogP contribution in [0.1, 0.15) is 37.9 Å². The van der Waals surface area contributed by atoms with E-state index >= 15 is 0 Å². The summed E-state index contributed by atoms with van der Waals surface area (Å²) in [7, 11) is 0. The third kappa shape index (κ3) is 4.31. The lowest BCUT2D eigenvalue weighted by Gasteiger charge is -2.18. The van der Waals surface area contributed by atoms with Gasteiger partial charge in [-0.15, -0.1) is 0 Å². The molecule has 0 aliphatic carbocycles. The van der Waals surface area contributed by atoms with Crippen molar-refractivity contribution >= 4 is 21.6 Å². The molecule has 0 heterocycles. The molecule has 2 aromatic carbocycles. The van der Waals surface area contributed by atoms with Gasteiger partial charge < -0.3 is 5.32 Å². The number of benzene rings is 2. The predicted octanol–water partition coefficient (Wildman–Crippen LogP) is 5.96. The fourth-order valence-electron chi connectivity index (χ4n) is 2.35. The maximum Gasteiger partial charge on any atom is 0.147 e. The molecule has 0 amide bonds. The number of para-hydroxylation sites is 1. The summed E-state index contributed by atoms with van der Waals surface area (Å²) in [6, 6.07) is 13.6. The quantitative estimate of drug-likeness (QED) is 0.702. The van der Waals surface area contributed by atoms with E-state index in [1.165, 1.54) is 11.6 Å².